The molecule has 0 radical (unpaired) electrons. The summed E-state index contributed by atoms with van der Waals surface area (Å²) in [7, 11) is 0. The second-order valence-corrected chi connectivity index (χ2v) is 4.35. The number of carbonyl (C=O) groups is 1. The maximum absolute atomic E-state index is 11.4. The highest BCUT2D eigenvalue weighted by Gasteiger charge is 2.18. The number of ether oxygens (including phenoxy) is 1. The Kier molecular flexibility index (Phi) is 5.30. The van der Waals surface area contributed by atoms with Gasteiger partial charge < -0.3 is 4.74 Å². The molecule has 0 saturated heterocycles. The monoisotopic (exact) mass is 222 g/mol. The van der Waals surface area contributed by atoms with Gasteiger partial charge in [-0.2, -0.15) is 0 Å². The number of rotatable bonds is 6. The van der Waals surface area contributed by atoms with Crippen LogP contribution in [0.25, 0.3) is 0 Å². The van der Waals surface area contributed by atoms with Crippen LogP contribution in [0.15, 0.2) is 24.0 Å². The molecule has 2 unspecified atom stereocenters. The van der Waals surface area contributed by atoms with E-state index in [2.05, 4.69) is 19.1 Å². The van der Waals surface area contributed by atoms with E-state index in [0.29, 0.717) is 18.3 Å². The molecule has 1 aliphatic carbocycles. The zero-order valence-electron chi connectivity index (χ0n) is 10.5. The van der Waals surface area contributed by atoms with Crippen LogP contribution in [0, 0.1) is 11.8 Å². The molecule has 1 aliphatic rings. The number of allylic oxidation sites excluding steroid dienone is 3. The van der Waals surface area contributed by atoms with Gasteiger partial charge in [0.05, 0.1) is 6.61 Å². The molecule has 0 aromatic heterocycles. The number of carbonyl (C=O) groups excluding carboxylic acids is 1. The zero-order chi connectivity index (χ0) is 12.0. The van der Waals surface area contributed by atoms with E-state index < -0.39 is 0 Å². The first-order chi connectivity index (χ1) is 7.67. The zero-order valence-corrected chi connectivity index (χ0v) is 10.5. The Morgan fingerprint density at radius 3 is 2.75 bits per heavy atom. The van der Waals surface area contributed by atoms with Crippen LogP contribution in [0.4, 0.5) is 0 Å². The number of Topliss-reactive ketones (excluding diaryl/α,β-unsaturated/α-hetero) is 1. The van der Waals surface area contributed by atoms with Crippen LogP contribution in [0.3, 0.4) is 0 Å². The van der Waals surface area contributed by atoms with Crippen molar-refractivity contribution in [3.8, 4) is 0 Å². The molecule has 0 amide bonds. The van der Waals surface area contributed by atoms with Crippen LogP contribution in [0.1, 0.15) is 40.0 Å². The lowest BCUT2D eigenvalue weighted by atomic mass is 9.86. The maximum Gasteiger partial charge on any atom is 0.132 e. The largest absolute Gasteiger partial charge is 0.494 e. The highest BCUT2D eigenvalue weighted by atomic mass is 16.5. The van der Waals surface area contributed by atoms with Gasteiger partial charge >= 0.3 is 0 Å². The molecule has 0 heterocycles. The molecule has 0 aromatic rings. The number of ketones is 1. The fourth-order valence-corrected chi connectivity index (χ4v) is 2.08. The third kappa shape index (κ3) is 3.84. The lowest BCUT2D eigenvalue weighted by Crippen LogP contribution is -2.15. The van der Waals surface area contributed by atoms with Gasteiger partial charge in [-0.05, 0) is 51.2 Å². The standard InChI is InChI=1S/C14H22O2/c1-4-13(11(3)15)10-12-6-8-14(9-7-12)16-5-2/h6,8-9,12-13H,4-5,7,10H2,1-3H3. The second kappa shape index (κ2) is 6.51. The van der Waals surface area contributed by atoms with Crippen LogP contribution < -0.4 is 0 Å². The molecule has 0 aromatic carbocycles. The number of hydrogen-bond acceptors (Lipinski definition) is 2. The number of hydrogen-bond donors (Lipinski definition) is 0. The lowest BCUT2D eigenvalue weighted by molar-refractivity contribution is -0.121. The highest BCUT2D eigenvalue weighted by molar-refractivity contribution is 5.78. The van der Waals surface area contributed by atoms with Gasteiger partial charge in [-0.15, -0.1) is 0 Å². The maximum atomic E-state index is 11.4. The van der Waals surface area contributed by atoms with Crippen molar-refractivity contribution in [3.05, 3.63) is 24.0 Å². The first kappa shape index (κ1) is 13.0. The van der Waals surface area contributed by atoms with Crippen LogP contribution in [-0.2, 0) is 9.53 Å². The van der Waals surface area contributed by atoms with Crippen molar-refractivity contribution in [2.75, 3.05) is 6.61 Å². The van der Waals surface area contributed by atoms with Crippen molar-refractivity contribution >= 4 is 5.78 Å². The summed E-state index contributed by atoms with van der Waals surface area (Å²) in [5.74, 6) is 2.00. The summed E-state index contributed by atoms with van der Waals surface area (Å²) < 4.78 is 5.42. The Morgan fingerprint density at radius 1 is 1.56 bits per heavy atom. The topological polar surface area (TPSA) is 26.3 Å². The summed E-state index contributed by atoms with van der Waals surface area (Å²) in [5, 5.41) is 0. The van der Waals surface area contributed by atoms with Crippen molar-refractivity contribution in [2.24, 2.45) is 11.8 Å². The molecule has 90 valence electrons. The van der Waals surface area contributed by atoms with Gasteiger partial charge in [0.1, 0.15) is 11.5 Å². The highest BCUT2D eigenvalue weighted by Crippen LogP contribution is 2.25. The van der Waals surface area contributed by atoms with E-state index in [9.17, 15) is 4.79 Å². The minimum atomic E-state index is 0.219. The van der Waals surface area contributed by atoms with Crippen molar-refractivity contribution in [1.29, 1.82) is 0 Å². The molecule has 0 bridgehead atoms. The Balaban J connectivity index is 2.43. The first-order valence-electron chi connectivity index (χ1n) is 6.19. The summed E-state index contributed by atoms with van der Waals surface area (Å²) in [6, 6.07) is 0. The van der Waals surface area contributed by atoms with E-state index in [1.807, 2.05) is 13.0 Å². The van der Waals surface area contributed by atoms with E-state index >= 15 is 0 Å². The molecule has 0 aliphatic heterocycles. The Labute approximate surface area is 98.4 Å². The van der Waals surface area contributed by atoms with E-state index in [1.165, 1.54) is 0 Å². The molecule has 0 N–H and O–H groups in total. The molecular weight excluding hydrogens is 200 g/mol. The Bertz CT molecular complexity index is 289. The van der Waals surface area contributed by atoms with E-state index in [0.717, 1.165) is 25.0 Å². The molecule has 0 saturated carbocycles. The minimum Gasteiger partial charge on any atom is -0.494 e. The minimum absolute atomic E-state index is 0.219. The fourth-order valence-electron chi connectivity index (χ4n) is 2.08. The van der Waals surface area contributed by atoms with Crippen LogP contribution in [0.2, 0.25) is 0 Å². The molecule has 16 heavy (non-hydrogen) atoms. The molecule has 0 fully saturated rings. The SMILES string of the molecule is CCOC1=CCC(CC(CC)C(C)=O)C=C1. The van der Waals surface area contributed by atoms with Crippen molar-refractivity contribution in [2.45, 2.75) is 40.0 Å². The predicted molar refractivity (Wildman–Crippen MR) is 66.0 cm³/mol. The van der Waals surface area contributed by atoms with E-state index in [-0.39, 0.29) is 5.92 Å². The van der Waals surface area contributed by atoms with Crippen molar-refractivity contribution in [3.63, 3.8) is 0 Å². The third-order valence-corrected chi connectivity index (χ3v) is 3.12. The predicted octanol–water partition coefficient (Wildman–Crippen LogP) is 3.49. The second-order valence-electron chi connectivity index (χ2n) is 4.35. The average molecular weight is 222 g/mol. The fraction of sp³-hybridized carbons (Fsp3) is 0.643. The summed E-state index contributed by atoms with van der Waals surface area (Å²) in [6.45, 7) is 6.48. The van der Waals surface area contributed by atoms with Gasteiger partial charge in [0.15, 0.2) is 0 Å². The summed E-state index contributed by atoms with van der Waals surface area (Å²) in [4.78, 5) is 11.4. The molecule has 2 heteroatoms. The van der Waals surface area contributed by atoms with Gasteiger partial charge in [0.2, 0.25) is 0 Å². The molecular formula is C14H22O2. The van der Waals surface area contributed by atoms with Crippen LogP contribution in [0.5, 0.6) is 0 Å². The van der Waals surface area contributed by atoms with Crippen molar-refractivity contribution < 1.29 is 9.53 Å². The van der Waals surface area contributed by atoms with Gasteiger partial charge in [-0.25, -0.2) is 0 Å². The molecule has 2 atom stereocenters. The lowest BCUT2D eigenvalue weighted by Gasteiger charge is -2.20. The third-order valence-electron chi connectivity index (χ3n) is 3.12. The quantitative estimate of drug-likeness (QED) is 0.687. The van der Waals surface area contributed by atoms with Gasteiger partial charge in [-0.3, -0.25) is 4.79 Å². The van der Waals surface area contributed by atoms with Crippen molar-refractivity contribution in [1.82, 2.24) is 0 Å². The van der Waals surface area contributed by atoms with E-state index in [1.54, 1.807) is 6.92 Å². The van der Waals surface area contributed by atoms with Gasteiger partial charge in [-0.1, -0.05) is 13.0 Å². The summed E-state index contributed by atoms with van der Waals surface area (Å²) >= 11 is 0. The first-order valence-corrected chi connectivity index (χ1v) is 6.19. The summed E-state index contributed by atoms with van der Waals surface area (Å²) in [6.07, 6.45) is 9.25. The van der Waals surface area contributed by atoms with Gasteiger partial charge in [0.25, 0.3) is 0 Å². The average Bonchev–Trinajstić information content (AvgIpc) is 2.28. The molecule has 1 rings (SSSR count). The summed E-state index contributed by atoms with van der Waals surface area (Å²) in [5.41, 5.74) is 0. The van der Waals surface area contributed by atoms with E-state index in [4.69, 9.17) is 4.74 Å². The van der Waals surface area contributed by atoms with Crippen LogP contribution >= 0.6 is 0 Å². The molecule has 2 nitrogen and oxygen atoms in total. The Morgan fingerprint density at radius 2 is 2.31 bits per heavy atom. The van der Waals surface area contributed by atoms with Gasteiger partial charge in [0, 0.05) is 5.92 Å². The molecule has 0 spiro atoms. The smallest absolute Gasteiger partial charge is 0.132 e. The normalized spacial score (nSPS) is 21.4. The Hall–Kier alpha value is -1.05. The van der Waals surface area contributed by atoms with Crippen LogP contribution in [-0.4, -0.2) is 12.4 Å².